The van der Waals surface area contributed by atoms with Crippen molar-refractivity contribution in [3.05, 3.63) is 53.9 Å². The fourth-order valence-corrected chi connectivity index (χ4v) is 3.45. The van der Waals surface area contributed by atoms with Gasteiger partial charge in [-0.3, -0.25) is 4.79 Å². The molecule has 0 bridgehead atoms. The van der Waals surface area contributed by atoms with Crippen LogP contribution >= 0.6 is 0 Å². The van der Waals surface area contributed by atoms with Crippen LogP contribution in [0.25, 0.3) is 22.7 Å². The van der Waals surface area contributed by atoms with E-state index in [0.717, 1.165) is 16.6 Å². The van der Waals surface area contributed by atoms with E-state index in [1.54, 1.807) is 23.1 Å². The number of H-pyrrole nitrogens is 1. The molecular weight excluding hydrogens is 408 g/mol. The Kier molecular flexibility index (Phi) is 6.68. The number of nitriles is 1. The molecule has 2 heterocycles. The van der Waals surface area contributed by atoms with Crippen LogP contribution in [0.4, 0.5) is 0 Å². The number of rotatable bonds is 7. The standard InChI is InChI=1S/C24H24N4O4/c1-2-31-22-14-17(7-8-21(22)32-16-23(29)28-9-11-30-12-10-28)13-18(15-25)24-26-19-5-3-4-6-20(19)27-24/h3-8,13-14H,2,9-12,16H2,1H3,(H,26,27)/b18-13-. The van der Waals surface area contributed by atoms with Gasteiger partial charge in [-0.25, -0.2) is 4.98 Å². The number of aromatic amines is 1. The number of aromatic nitrogens is 2. The lowest BCUT2D eigenvalue weighted by atomic mass is 10.1. The molecular formula is C24H24N4O4. The predicted octanol–water partition coefficient (Wildman–Crippen LogP) is 3.26. The highest BCUT2D eigenvalue weighted by Crippen LogP contribution is 2.30. The van der Waals surface area contributed by atoms with Gasteiger partial charge in [0.05, 0.1) is 36.4 Å². The number of carbonyl (C=O) groups is 1. The van der Waals surface area contributed by atoms with Crippen LogP contribution in [0, 0.1) is 11.3 Å². The van der Waals surface area contributed by atoms with Gasteiger partial charge in [0, 0.05) is 13.1 Å². The Bertz CT molecular complexity index is 1140. The fourth-order valence-electron chi connectivity index (χ4n) is 3.45. The van der Waals surface area contributed by atoms with Crippen molar-refractivity contribution in [2.24, 2.45) is 0 Å². The van der Waals surface area contributed by atoms with Gasteiger partial charge in [-0.15, -0.1) is 0 Å². The molecule has 8 heteroatoms. The molecule has 0 spiro atoms. The van der Waals surface area contributed by atoms with Crippen molar-refractivity contribution < 1.29 is 19.0 Å². The van der Waals surface area contributed by atoms with E-state index in [4.69, 9.17) is 14.2 Å². The second-order valence-electron chi connectivity index (χ2n) is 7.19. The average molecular weight is 432 g/mol. The Hall–Kier alpha value is -3.83. The summed E-state index contributed by atoms with van der Waals surface area (Å²) in [5.41, 5.74) is 2.83. The number of allylic oxidation sites excluding steroid dienone is 1. The average Bonchev–Trinajstić information content (AvgIpc) is 3.26. The van der Waals surface area contributed by atoms with Crippen LogP contribution in [-0.2, 0) is 9.53 Å². The van der Waals surface area contributed by atoms with E-state index >= 15 is 0 Å². The molecule has 1 N–H and O–H groups in total. The summed E-state index contributed by atoms with van der Waals surface area (Å²) in [5, 5.41) is 9.68. The molecule has 164 valence electrons. The van der Waals surface area contributed by atoms with Crippen LogP contribution < -0.4 is 9.47 Å². The largest absolute Gasteiger partial charge is 0.490 e. The van der Waals surface area contributed by atoms with E-state index in [1.807, 2.05) is 37.3 Å². The minimum Gasteiger partial charge on any atom is -0.490 e. The molecule has 0 atom stereocenters. The van der Waals surface area contributed by atoms with Crippen molar-refractivity contribution in [2.45, 2.75) is 6.92 Å². The number of hydrogen-bond donors (Lipinski definition) is 1. The lowest BCUT2D eigenvalue weighted by molar-refractivity contribution is -0.137. The number of fused-ring (bicyclic) bond motifs is 1. The quantitative estimate of drug-likeness (QED) is 0.575. The second kappa shape index (κ2) is 9.98. The summed E-state index contributed by atoms with van der Waals surface area (Å²) in [4.78, 5) is 21.8. The molecule has 3 aromatic rings. The summed E-state index contributed by atoms with van der Waals surface area (Å²) in [7, 11) is 0. The van der Waals surface area contributed by atoms with E-state index < -0.39 is 0 Å². The number of carbonyl (C=O) groups excluding carboxylic acids is 1. The van der Waals surface area contributed by atoms with Crippen LogP contribution in [0.5, 0.6) is 11.5 Å². The molecule has 8 nitrogen and oxygen atoms in total. The number of para-hydroxylation sites is 2. The van der Waals surface area contributed by atoms with Crippen molar-refractivity contribution >= 4 is 28.6 Å². The molecule has 4 rings (SSSR count). The van der Waals surface area contributed by atoms with Crippen molar-refractivity contribution in [3.8, 4) is 17.6 Å². The Morgan fingerprint density at radius 3 is 2.78 bits per heavy atom. The number of ether oxygens (including phenoxy) is 3. The van der Waals surface area contributed by atoms with Gasteiger partial charge in [0.2, 0.25) is 0 Å². The Morgan fingerprint density at radius 1 is 1.22 bits per heavy atom. The van der Waals surface area contributed by atoms with Gasteiger partial charge in [-0.1, -0.05) is 18.2 Å². The van der Waals surface area contributed by atoms with Crippen molar-refractivity contribution in [2.75, 3.05) is 39.5 Å². The fraction of sp³-hybridized carbons (Fsp3) is 0.292. The molecule has 0 radical (unpaired) electrons. The molecule has 0 saturated carbocycles. The van der Waals surface area contributed by atoms with Gasteiger partial charge in [0.1, 0.15) is 11.9 Å². The number of nitrogens with zero attached hydrogens (tertiary/aromatic N) is 3. The monoisotopic (exact) mass is 432 g/mol. The topological polar surface area (TPSA) is 100 Å². The molecule has 0 aliphatic carbocycles. The second-order valence-corrected chi connectivity index (χ2v) is 7.19. The van der Waals surface area contributed by atoms with E-state index in [0.29, 0.717) is 55.8 Å². The first-order valence-corrected chi connectivity index (χ1v) is 10.5. The van der Waals surface area contributed by atoms with Crippen molar-refractivity contribution in [1.29, 1.82) is 5.26 Å². The first kappa shape index (κ1) is 21.4. The molecule has 1 aliphatic heterocycles. The van der Waals surface area contributed by atoms with E-state index in [2.05, 4.69) is 16.0 Å². The third-order valence-corrected chi connectivity index (χ3v) is 5.06. The molecule has 32 heavy (non-hydrogen) atoms. The van der Waals surface area contributed by atoms with Crippen LogP contribution in [0.2, 0.25) is 0 Å². The summed E-state index contributed by atoms with van der Waals surface area (Å²) in [5.74, 6) is 1.41. The number of imidazole rings is 1. The van der Waals surface area contributed by atoms with Crippen LogP contribution in [0.1, 0.15) is 18.3 Å². The summed E-state index contributed by atoms with van der Waals surface area (Å²) in [6.45, 7) is 4.48. The third kappa shape index (κ3) is 4.90. The highest BCUT2D eigenvalue weighted by molar-refractivity contribution is 5.90. The molecule has 1 fully saturated rings. The first-order chi connectivity index (χ1) is 15.7. The zero-order valence-corrected chi connectivity index (χ0v) is 17.8. The van der Waals surface area contributed by atoms with E-state index in [1.165, 1.54) is 0 Å². The molecule has 1 saturated heterocycles. The highest BCUT2D eigenvalue weighted by atomic mass is 16.5. The molecule has 1 amide bonds. The maximum Gasteiger partial charge on any atom is 0.260 e. The smallest absolute Gasteiger partial charge is 0.260 e. The number of amides is 1. The van der Waals surface area contributed by atoms with Crippen molar-refractivity contribution in [1.82, 2.24) is 14.9 Å². The molecule has 0 unspecified atom stereocenters. The lowest BCUT2D eigenvalue weighted by Gasteiger charge is -2.26. The summed E-state index contributed by atoms with van der Waals surface area (Å²) >= 11 is 0. The van der Waals surface area contributed by atoms with Crippen LogP contribution in [0.3, 0.4) is 0 Å². The number of benzene rings is 2. The molecule has 1 aromatic heterocycles. The zero-order valence-electron chi connectivity index (χ0n) is 17.8. The summed E-state index contributed by atoms with van der Waals surface area (Å²) in [6, 6.07) is 15.2. The van der Waals surface area contributed by atoms with Gasteiger partial charge in [0.25, 0.3) is 5.91 Å². The zero-order chi connectivity index (χ0) is 22.3. The number of morpholine rings is 1. The van der Waals surface area contributed by atoms with Crippen LogP contribution in [0.15, 0.2) is 42.5 Å². The van der Waals surface area contributed by atoms with Gasteiger partial charge in [-0.05, 0) is 42.8 Å². The normalized spacial score (nSPS) is 14.2. The minimum atomic E-state index is -0.0867. The maximum atomic E-state index is 12.4. The maximum absolute atomic E-state index is 12.4. The molecule has 1 aliphatic rings. The highest BCUT2D eigenvalue weighted by Gasteiger charge is 2.18. The Balaban J connectivity index is 1.53. The lowest BCUT2D eigenvalue weighted by Crippen LogP contribution is -2.43. The van der Waals surface area contributed by atoms with Gasteiger partial charge in [0.15, 0.2) is 18.1 Å². The van der Waals surface area contributed by atoms with Gasteiger partial charge < -0.3 is 24.1 Å². The van der Waals surface area contributed by atoms with E-state index in [-0.39, 0.29) is 12.5 Å². The summed E-state index contributed by atoms with van der Waals surface area (Å²) < 4.78 is 16.8. The number of nitrogens with one attached hydrogen (secondary N) is 1. The van der Waals surface area contributed by atoms with Gasteiger partial charge in [-0.2, -0.15) is 5.26 Å². The number of hydrogen-bond acceptors (Lipinski definition) is 6. The Morgan fingerprint density at radius 2 is 2.03 bits per heavy atom. The SMILES string of the molecule is CCOc1cc(/C=C(/C#N)c2nc3ccccc3[nH]2)ccc1OCC(=O)N1CCOCC1. The minimum absolute atomic E-state index is 0.0717. The van der Waals surface area contributed by atoms with Gasteiger partial charge >= 0.3 is 0 Å². The summed E-state index contributed by atoms with van der Waals surface area (Å²) in [6.07, 6.45) is 1.74. The van der Waals surface area contributed by atoms with Crippen LogP contribution in [-0.4, -0.2) is 60.3 Å². The first-order valence-electron chi connectivity index (χ1n) is 10.5. The predicted molar refractivity (Wildman–Crippen MR) is 120 cm³/mol. The molecule has 2 aromatic carbocycles. The third-order valence-electron chi connectivity index (χ3n) is 5.06. The van der Waals surface area contributed by atoms with E-state index in [9.17, 15) is 10.1 Å². The Labute approximate surface area is 186 Å². The van der Waals surface area contributed by atoms with Crippen molar-refractivity contribution in [3.63, 3.8) is 0 Å².